The number of nitrogens with two attached hydrogens (primary N) is 1. The maximum absolute atomic E-state index is 11.7. The Hall–Kier alpha value is -2.84. The number of anilines is 1. The first-order valence-corrected chi connectivity index (χ1v) is 8.52. The van der Waals surface area contributed by atoms with Crippen molar-refractivity contribution in [2.75, 3.05) is 32.6 Å². The highest BCUT2D eigenvalue weighted by molar-refractivity contribution is 5.82. The fourth-order valence-corrected chi connectivity index (χ4v) is 3.48. The molecule has 3 aromatic rings. The fourth-order valence-electron chi connectivity index (χ4n) is 3.48. The Bertz CT molecular complexity index is 994. The molecule has 1 unspecified atom stereocenters. The Morgan fingerprint density at radius 1 is 1.42 bits per heavy atom. The van der Waals surface area contributed by atoms with Gasteiger partial charge >= 0.3 is 5.69 Å². The summed E-state index contributed by atoms with van der Waals surface area (Å²) in [5, 5.41) is 4.59. The maximum Gasteiger partial charge on any atom is 0.349 e. The number of hydrogen-bond acceptors (Lipinski definition) is 6. The number of H-pyrrole nitrogens is 1. The van der Waals surface area contributed by atoms with Gasteiger partial charge in [-0.3, -0.25) is 4.98 Å². The van der Waals surface area contributed by atoms with E-state index >= 15 is 0 Å². The van der Waals surface area contributed by atoms with E-state index in [-0.39, 0.29) is 17.7 Å². The monoisotopic (exact) mass is 355 g/mol. The van der Waals surface area contributed by atoms with E-state index in [0.717, 1.165) is 16.6 Å². The Morgan fingerprint density at radius 2 is 2.27 bits per heavy atom. The number of nitrogens with zero attached hydrogens (tertiary/aromatic N) is 2. The van der Waals surface area contributed by atoms with Crippen LogP contribution in [0.25, 0.3) is 10.9 Å². The molecule has 1 atom stereocenters. The predicted molar refractivity (Wildman–Crippen MR) is 98.4 cm³/mol. The van der Waals surface area contributed by atoms with E-state index in [2.05, 4.69) is 38.1 Å². The maximum atomic E-state index is 11.7. The number of fused-ring (bicyclic) bond motifs is 2. The Morgan fingerprint density at radius 3 is 3.12 bits per heavy atom. The average Bonchev–Trinajstić information content (AvgIpc) is 2.85. The van der Waals surface area contributed by atoms with Crippen molar-refractivity contribution >= 4 is 16.7 Å². The summed E-state index contributed by atoms with van der Waals surface area (Å²) in [4.78, 5) is 18.2. The van der Waals surface area contributed by atoms with Crippen LogP contribution in [0.4, 0.5) is 5.82 Å². The summed E-state index contributed by atoms with van der Waals surface area (Å²) in [6, 6.07) is 10.1. The third-order valence-corrected chi connectivity index (χ3v) is 4.60. The fraction of sp³-hybridized carbons (Fsp3) is 0.333. The normalized spacial score (nSPS) is 16.9. The van der Waals surface area contributed by atoms with Gasteiger partial charge in [-0.2, -0.15) is 4.98 Å². The summed E-state index contributed by atoms with van der Waals surface area (Å²) >= 11 is 0. The van der Waals surface area contributed by atoms with Crippen molar-refractivity contribution in [2.24, 2.45) is 0 Å². The van der Waals surface area contributed by atoms with Crippen molar-refractivity contribution < 1.29 is 9.47 Å². The summed E-state index contributed by atoms with van der Waals surface area (Å²) < 4.78 is 13.1. The summed E-state index contributed by atoms with van der Waals surface area (Å²) in [5.74, 6) is 0.549. The molecule has 0 amide bonds. The van der Waals surface area contributed by atoms with Crippen LogP contribution in [0, 0.1) is 0 Å². The lowest BCUT2D eigenvalue weighted by atomic mass is 10.0. The van der Waals surface area contributed by atoms with Gasteiger partial charge in [0, 0.05) is 31.4 Å². The third kappa shape index (κ3) is 2.83. The van der Waals surface area contributed by atoms with Gasteiger partial charge in [0.15, 0.2) is 0 Å². The van der Waals surface area contributed by atoms with E-state index < -0.39 is 5.69 Å². The van der Waals surface area contributed by atoms with Gasteiger partial charge in [0.2, 0.25) is 5.88 Å². The number of aromatic amines is 1. The molecule has 1 aliphatic heterocycles. The molecule has 0 aliphatic carbocycles. The van der Waals surface area contributed by atoms with E-state index in [1.807, 2.05) is 12.1 Å². The molecule has 8 heteroatoms. The average molecular weight is 355 g/mol. The molecule has 1 aromatic carbocycles. The largest absolute Gasteiger partial charge is 0.476 e. The van der Waals surface area contributed by atoms with Crippen molar-refractivity contribution in [1.29, 1.82) is 0 Å². The topological polar surface area (TPSA) is 107 Å². The zero-order valence-corrected chi connectivity index (χ0v) is 14.5. The zero-order valence-electron chi connectivity index (χ0n) is 14.5. The van der Waals surface area contributed by atoms with Gasteiger partial charge in [0.1, 0.15) is 12.4 Å². The van der Waals surface area contributed by atoms with Gasteiger partial charge in [-0.15, -0.1) is 0 Å². The van der Waals surface area contributed by atoms with Crippen LogP contribution in [-0.4, -0.2) is 41.4 Å². The molecule has 3 heterocycles. The standard InChI is InChI=1S/C18H21N5O3/c1-25-9-7-23-12-5-3-2-4-11(12)10-13(23)15-14-16(19)21-18(24)22-17(14)26-8-6-20-15/h2-5,10,15,20H,6-9H2,1H3,(H3,19,21,22,24). The molecule has 0 saturated carbocycles. The second-order valence-corrected chi connectivity index (χ2v) is 6.18. The minimum absolute atomic E-state index is 0.249. The van der Waals surface area contributed by atoms with Crippen LogP contribution in [0.3, 0.4) is 0 Å². The molecular formula is C18H21N5O3. The van der Waals surface area contributed by atoms with E-state index in [1.54, 1.807) is 7.11 Å². The molecule has 4 N–H and O–H groups in total. The van der Waals surface area contributed by atoms with Crippen LogP contribution < -0.4 is 21.5 Å². The van der Waals surface area contributed by atoms with Crippen LogP contribution in [0.5, 0.6) is 5.88 Å². The van der Waals surface area contributed by atoms with E-state index in [4.69, 9.17) is 15.2 Å². The number of rotatable bonds is 4. The molecule has 0 spiro atoms. The molecule has 8 nitrogen and oxygen atoms in total. The first-order valence-electron chi connectivity index (χ1n) is 8.52. The molecule has 0 radical (unpaired) electrons. The Balaban J connectivity index is 1.91. The van der Waals surface area contributed by atoms with E-state index in [0.29, 0.717) is 31.9 Å². The lowest BCUT2D eigenvalue weighted by molar-refractivity contribution is 0.187. The summed E-state index contributed by atoms with van der Waals surface area (Å²) in [6.07, 6.45) is 0. The number of ether oxygens (including phenoxy) is 2. The highest BCUT2D eigenvalue weighted by atomic mass is 16.5. The third-order valence-electron chi connectivity index (χ3n) is 4.60. The number of nitrogens with one attached hydrogen (secondary N) is 2. The number of para-hydroxylation sites is 1. The van der Waals surface area contributed by atoms with E-state index in [9.17, 15) is 4.79 Å². The minimum atomic E-state index is -0.512. The quantitative estimate of drug-likeness (QED) is 0.645. The number of methoxy groups -OCH3 is 1. The first kappa shape index (κ1) is 16.6. The van der Waals surface area contributed by atoms with Crippen LogP contribution >= 0.6 is 0 Å². The second kappa shape index (κ2) is 6.81. The molecule has 136 valence electrons. The van der Waals surface area contributed by atoms with E-state index in [1.165, 1.54) is 0 Å². The summed E-state index contributed by atoms with van der Waals surface area (Å²) in [7, 11) is 1.69. The highest BCUT2D eigenvalue weighted by Gasteiger charge is 2.28. The Labute approximate surface area is 149 Å². The number of nitrogen functional groups attached to an aromatic ring is 1. The van der Waals surface area contributed by atoms with Gasteiger partial charge in [-0.05, 0) is 17.5 Å². The molecule has 0 bridgehead atoms. The van der Waals surface area contributed by atoms with Gasteiger partial charge in [0.05, 0.1) is 18.2 Å². The molecule has 1 aliphatic rings. The van der Waals surface area contributed by atoms with Crippen LogP contribution in [0.15, 0.2) is 35.1 Å². The smallest absolute Gasteiger partial charge is 0.349 e. The first-order chi connectivity index (χ1) is 12.7. The van der Waals surface area contributed by atoms with Crippen molar-refractivity contribution in [1.82, 2.24) is 19.9 Å². The predicted octanol–water partition coefficient (Wildman–Crippen LogP) is 1.02. The van der Waals surface area contributed by atoms with Crippen molar-refractivity contribution in [3.8, 4) is 5.88 Å². The SMILES string of the molecule is COCCn1c(C2NCCOc3nc(=O)[nH]c(N)c32)cc2ccccc21. The number of aromatic nitrogens is 3. The highest BCUT2D eigenvalue weighted by Crippen LogP contribution is 2.35. The second-order valence-electron chi connectivity index (χ2n) is 6.18. The lowest BCUT2D eigenvalue weighted by Crippen LogP contribution is -2.27. The molecule has 26 heavy (non-hydrogen) atoms. The van der Waals surface area contributed by atoms with Gasteiger partial charge in [-0.25, -0.2) is 4.79 Å². The van der Waals surface area contributed by atoms with Crippen molar-refractivity contribution in [2.45, 2.75) is 12.6 Å². The molecular weight excluding hydrogens is 334 g/mol. The zero-order chi connectivity index (χ0) is 18.1. The van der Waals surface area contributed by atoms with Gasteiger partial charge in [0.25, 0.3) is 0 Å². The molecule has 2 aromatic heterocycles. The molecule has 4 rings (SSSR count). The van der Waals surface area contributed by atoms with Crippen LogP contribution in [0.2, 0.25) is 0 Å². The Kier molecular flexibility index (Phi) is 4.36. The van der Waals surface area contributed by atoms with Gasteiger partial charge < -0.3 is 25.1 Å². The van der Waals surface area contributed by atoms with Gasteiger partial charge in [-0.1, -0.05) is 18.2 Å². The molecule has 0 saturated heterocycles. The lowest BCUT2D eigenvalue weighted by Gasteiger charge is -2.21. The summed E-state index contributed by atoms with van der Waals surface area (Å²) in [5.41, 5.74) is 8.42. The van der Waals surface area contributed by atoms with Crippen molar-refractivity contribution in [3.05, 3.63) is 52.1 Å². The number of hydrogen-bond donors (Lipinski definition) is 3. The van der Waals surface area contributed by atoms with Crippen LogP contribution in [0.1, 0.15) is 17.3 Å². The number of benzene rings is 1. The van der Waals surface area contributed by atoms with Crippen LogP contribution in [-0.2, 0) is 11.3 Å². The summed E-state index contributed by atoms with van der Waals surface area (Å²) in [6.45, 7) is 2.31. The minimum Gasteiger partial charge on any atom is -0.476 e. The molecule has 0 fully saturated rings. The van der Waals surface area contributed by atoms with Crippen molar-refractivity contribution in [3.63, 3.8) is 0 Å².